The molecule has 6 heteroatoms. The van der Waals surface area contributed by atoms with Crippen molar-refractivity contribution in [2.45, 2.75) is 6.92 Å². The summed E-state index contributed by atoms with van der Waals surface area (Å²) in [5.41, 5.74) is 0.624. The van der Waals surface area contributed by atoms with E-state index < -0.39 is 11.6 Å². The summed E-state index contributed by atoms with van der Waals surface area (Å²) in [4.78, 5) is 7.65. The Labute approximate surface area is 101 Å². The summed E-state index contributed by atoms with van der Waals surface area (Å²) < 4.78 is 31.1. The van der Waals surface area contributed by atoms with Crippen LogP contribution in [0.1, 0.15) is 11.4 Å². The van der Waals surface area contributed by atoms with Crippen LogP contribution < -0.4 is 4.74 Å². The van der Waals surface area contributed by atoms with Gasteiger partial charge in [-0.05, 0) is 25.1 Å². The SMILES string of the molecule is Cc1cc(C#N)nc(Oc2ccc(F)cc2F)n1. The lowest BCUT2D eigenvalue weighted by Crippen LogP contribution is -1.98. The molecule has 1 aromatic heterocycles. The third-order valence-electron chi connectivity index (χ3n) is 2.04. The number of ether oxygens (including phenoxy) is 1. The molecule has 18 heavy (non-hydrogen) atoms. The second-order valence-electron chi connectivity index (χ2n) is 3.47. The molecule has 0 fully saturated rings. The summed E-state index contributed by atoms with van der Waals surface area (Å²) >= 11 is 0. The van der Waals surface area contributed by atoms with Gasteiger partial charge in [0.2, 0.25) is 0 Å². The molecule has 0 atom stereocenters. The van der Waals surface area contributed by atoms with Gasteiger partial charge in [-0.2, -0.15) is 10.2 Å². The summed E-state index contributed by atoms with van der Waals surface area (Å²) in [5.74, 6) is -1.77. The van der Waals surface area contributed by atoms with Crippen LogP contribution in [-0.4, -0.2) is 9.97 Å². The molecule has 2 aromatic rings. The second kappa shape index (κ2) is 4.75. The van der Waals surface area contributed by atoms with Gasteiger partial charge >= 0.3 is 6.01 Å². The second-order valence-corrected chi connectivity index (χ2v) is 3.47. The molecule has 0 aliphatic carbocycles. The zero-order valence-corrected chi connectivity index (χ0v) is 9.32. The Morgan fingerprint density at radius 1 is 1.22 bits per heavy atom. The highest BCUT2D eigenvalue weighted by Crippen LogP contribution is 2.22. The van der Waals surface area contributed by atoms with Crippen molar-refractivity contribution in [2.75, 3.05) is 0 Å². The van der Waals surface area contributed by atoms with Crippen LogP contribution in [0.5, 0.6) is 11.8 Å². The molecule has 0 aliphatic rings. The smallest absolute Gasteiger partial charge is 0.323 e. The predicted molar refractivity (Wildman–Crippen MR) is 57.9 cm³/mol. The lowest BCUT2D eigenvalue weighted by molar-refractivity contribution is 0.406. The highest BCUT2D eigenvalue weighted by molar-refractivity contribution is 5.29. The molecule has 0 amide bonds. The molecule has 2 rings (SSSR count). The average molecular weight is 247 g/mol. The monoisotopic (exact) mass is 247 g/mol. The zero-order valence-electron chi connectivity index (χ0n) is 9.32. The van der Waals surface area contributed by atoms with Crippen molar-refractivity contribution in [1.29, 1.82) is 5.26 Å². The number of aromatic nitrogens is 2. The highest BCUT2D eigenvalue weighted by Gasteiger charge is 2.09. The first-order valence-corrected chi connectivity index (χ1v) is 4.97. The topological polar surface area (TPSA) is 58.8 Å². The summed E-state index contributed by atoms with van der Waals surface area (Å²) in [6.45, 7) is 1.65. The van der Waals surface area contributed by atoms with Crippen LogP contribution in [-0.2, 0) is 0 Å². The van der Waals surface area contributed by atoms with E-state index in [1.807, 2.05) is 6.07 Å². The molecule has 0 unspecified atom stereocenters. The Bertz CT molecular complexity index is 638. The fraction of sp³-hybridized carbons (Fsp3) is 0.0833. The molecule has 1 aromatic carbocycles. The van der Waals surface area contributed by atoms with E-state index in [9.17, 15) is 8.78 Å². The van der Waals surface area contributed by atoms with E-state index in [0.717, 1.165) is 12.1 Å². The third kappa shape index (κ3) is 2.58. The molecule has 0 saturated carbocycles. The third-order valence-corrected chi connectivity index (χ3v) is 2.04. The first kappa shape index (κ1) is 11.9. The van der Waals surface area contributed by atoms with Crippen molar-refractivity contribution in [2.24, 2.45) is 0 Å². The lowest BCUT2D eigenvalue weighted by atomic mass is 10.3. The van der Waals surface area contributed by atoms with E-state index in [1.165, 1.54) is 6.07 Å². The number of aryl methyl sites for hydroxylation is 1. The number of benzene rings is 1. The van der Waals surface area contributed by atoms with Gasteiger partial charge in [0.15, 0.2) is 11.6 Å². The maximum atomic E-state index is 13.3. The minimum atomic E-state index is -0.862. The number of halogens is 2. The van der Waals surface area contributed by atoms with Crippen LogP contribution in [0, 0.1) is 29.9 Å². The predicted octanol–water partition coefficient (Wildman–Crippen LogP) is 2.73. The van der Waals surface area contributed by atoms with Gasteiger partial charge in [-0.25, -0.2) is 13.8 Å². The van der Waals surface area contributed by atoms with Crippen molar-refractivity contribution >= 4 is 0 Å². The van der Waals surface area contributed by atoms with Crippen molar-refractivity contribution in [3.63, 3.8) is 0 Å². The molecule has 0 saturated heterocycles. The fourth-order valence-electron chi connectivity index (χ4n) is 1.30. The Hall–Kier alpha value is -2.55. The van der Waals surface area contributed by atoms with Crippen LogP contribution in [0.25, 0.3) is 0 Å². The molecule has 1 heterocycles. The van der Waals surface area contributed by atoms with Crippen LogP contribution in [0.4, 0.5) is 8.78 Å². The van der Waals surface area contributed by atoms with Crippen molar-refractivity contribution in [3.8, 4) is 17.8 Å². The van der Waals surface area contributed by atoms with Crippen LogP contribution in [0.2, 0.25) is 0 Å². The number of hydrogen-bond acceptors (Lipinski definition) is 4. The number of nitrogens with zero attached hydrogens (tertiary/aromatic N) is 3. The van der Waals surface area contributed by atoms with Gasteiger partial charge in [0, 0.05) is 11.8 Å². The normalized spacial score (nSPS) is 9.89. The molecule has 90 valence electrons. The minimum Gasteiger partial charge on any atom is -0.421 e. The van der Waals surface area contributed by atoms with E-state index in [1.54, 1.807) is 6.92 Å². The maximum Gasteiger partial charge on any atom is 0.323 e. The summed E-state index contributed by atoms with van der Waals surface area (Å²) in [7, 11) is 0. The van der Waals surface area contributed by atoms with E-state index in [4.69, 9.17) is 10.00 Å². The molecule has 0 radical (unpaired) electrons. The van der Waals surface area contributed by atoms with Crippen molar-refractivity contribution in [1.82, 2.24) is 9.97 Å². The minimum absolute atomic E-state index is 0.111. The molecule has 0 aliphatic heterocycles. The van der Waals surface area contributed by atoms with Gasteiger partial charge < -0.3 is 4.74 Å². The van der Waals surface area contributed by atoms with Crippen molar-refractivity contribution in [3.05, 3.63) is 47.3 Å². The van der Waals surface area contributed by atoms with Crippen LogP contribution in [0.15, 0.2) is 24.3 Å². The summed E-state index contributed by atoms with van der Waals surface area (Å²) in [6.07, 6.45) is 0. The summed E-state index contributed by atoms with van der Waals surface area (Å²) in [6, 6.07) is 6.02. The fourth-order valence-corrected chi connectivity index (χ4v) is 1.30. The lowest BCUT2D eigenvalue weighted by Gasteiger charge is -2.05. The molecule has 0 spiro atoms. The Morgan fingerprint density at radius 2 is 2.00 bits per heavy atom. The van der Waals surface area contributed by atoms with Crippen molar-refractivity contribution < 1.29 is 13.5 Å². The van der Waals surface area contributed by atoms with Gasteiger partial charge in [0.1, 0.15) is 17.6 Å². The van der Waals surface area contributed by atoms with E-state index >= 15 is 0 Å². The molecular weight excluding hydrogens is 240 g/mol. The highest BCUT2D eigenvalue weighted by atomic mass is 19.1. The molecule has 0 bridgehead atoms. The average Bonchev–Trinajstić information content (AvgIpc) is 2.32. The van der Waals surface area contributed by atoms with Gasteiger partial charge in [-0.15, -0.1) is 0 Å². The number of rotatable bonds is 2. The van der Waals surface area contributed by atoms with Crippen LogP contribution >= 0.6 is 0 Å². The van der Waals surface area contributed by atoms with Crippen LogP contribution in [0.3, 0.4) is 0 Å². The quantitative estimate of drug-likeness (QED) is 0.818. The summed E-state index contributed by atoms with van der Waals surface area (Å²) in [5, 5.41) is 8.72. The standard InChI is InChI=1S/C12H7F2N3O/c1-7-4-9(6-15)17-12(16-7)18-11-3-2-8(13)5-10(11)14/h2-5H,1H3. The molecule has 0 N–H and O–H groups in total. The molecular formula is C12H7F2N3O. The Balaban J connectivity index is 2.34. The van der Waals surface area contributed by atoms with Gasteiger partial charge in [-0.3, -0.25) is 0 Å². The first-order chi connectivity index (χ1) is 8.58. The maximum absolute atomic E-state index is 13.3. The number of hydrogen-bond donors (Lipinski definition) is 0. The van der Waals surface area contributed by atoms with Gasteiger partial charge in [0.25, 0.3) is 0 Å². The van der Waals surface area contributed by atoms with Gasteiger partial charge in [0.05, 0.1) is 0 Å². The Kier molecular flexibility index (Phi) is 3.15. The van der Waals surface area contributed by atoms with E-state index in [-0.39, 0.29) is 17.5 Å². The first-order valence-electron chi connectivity index (χ1n) is 4.97. The molecule has 4 nitrogen and oxygen atoms in total. The Morgan fingerprint density at radius 3 is 2.67 bits per heavy atom. The van der Waals surface area contributed by atoms with E-state index in [2.05, 4.69) is 9.97 Å². The number of nitriles is 1. The largest absolute Gasteiger partial charge is 0.421 e. The zero-order chi connectivity index (χ0) is 13.1. The van der Waals surface area contributed by atoms with E-state index in [0.29, 0.717) is 11.8 Å². The van der Waals surface area contributed by atoms with Gasteiger partial charge in [-0.1, -0.05) is 0 Å².